The quantitative estimate of drug-likeness (QED) is 0.886. The van der Waals surface area contributed by atoms with Crippen LogP contribution in [0.3, 0.4) is 0 Å². The number of hydrogen-bond donors (Lipinski definition) is 1. The molecule has 3 rings (SSSR count). The average molecular weight is 245 g/mol. The zero-order valence-corrected chi connectivity index (χ0v) is 11.1. The van der Waals surface area contributed by atoms with Crippen LogP contribution in [0.5, 0.6) is 0 Å². The highest BCUT2D eigenvalue weighted by Crippen LogP contribution is 2.37. The minimum absolute atomic E-state index is 0.130. The number of hydrogen-bond acceptors (Lipinski definition) is 2. The molecule has 2 aliphatic rings. The maximum atomic E-state index is 6.36. The van der Waals surface area contributed by atoms with Crippen LogP contribution in [0, 0.1) is 5.92 Å². The molecule has 2 fully saturated rings. The van der Waals surface area contributed by atoms with Crippen LogP contribution in [0.4, 0.5) is 0 Å². The molecule has 18 heavy (non-hydrogen) atoms. The van der Waals surface area contributed by atoms with Gasteiger partial charge in [-0.1, -0.05) is 30.7 Å². The van der Waals surface area contributed by atoms with E-state index in [-0.39, 0.29) is 6.04 Å². The molecule has 3 unspecified atom stereocenters. The Bertz CT molecular complexity index is 396. The Morgan fingerprint density at radius 2 is 1.94 bits per heavy atom. The van der Waals surface area contributed by atoms with Gasteiger partial charge in [0, 0.05) is 12.0 Å². The van der Waals surface area contributed by atoms with Gasteiger partial charge in [0.25, 0.3) is 0 Å². The van der Waals surface area contributed by atoms with Crippen molar-refractivity contribution in [3.8, 4) is 0 Å². The highest BCUT2D eigenvalue weighted by molar-refractivity contribution is 5.28. The maximum absolute atomic E-state index is 6.36. The molecule has 1 saturated heterocycles. The minimum atomic E-state index is 0.130. The molecule has 1 heterocycles. The van der Waals surface area contributed by atoms with Crippen molar-refractivity contribution in [2.24, 2.45) is 11.7 Å². The van der Waals surface area contributed by atoms with E-state index < -0.39 is 0 Å². The zero-order chi connectivity index (χ0) is 12.5. The summed E-state index contributed by atoms with van der Waals surface area (Å²) in [7, 11) is 0. The minimum Gasteiger partial charge on any atom is -0.378 e. The number of rotatable bonds is 3. The summed E-state index contributed by atoms with van der Waals surface area (Å²) in [4.78, 5) is 0. The number of ether oxygens (including phenoxy) is 1. The molecule has 2 heteroatoms. The Kier molecular flexibility index (Phi) is 3.40. The van der Waals surface area contributed by atoms with E-state index in [0.29, 0.717) is 12.0 Å². The largest absolute Gasteiger partial charge is 0.378 e. The lowest BCUT2D eigenvalue weighted by Crippen LogP contribution is -2.21. The molecule has 1 aromatic carbocycles. The van der Waals surface area contributed by atoms with Gasteiger partial charge in [0.15, 0.2) is 0 Å². The Hall–Kier alpha value is -0.860. The fourth-order valence-electron chi connectivity index (χ4n) is 3.10. The Labute approximate surface area is 110 Å². The molecule has 1 saturated carbocycles. The first-order chi connectivity index (χ1) is 8.74. The lowest BCUT2D eigenvalue weighted by Gasteiger charge is -2.26. The van der Waals surface area contributed by atoms with Gasteiger partial charge >= 0.3 is 0 Å². The summed E-state index contributed by atoms with van der Waals surface area (Å²) in [5.41, 5.74) is 9.11. The summed E-state index contributed by atoms with van der Waals surface area (Å²) in [6.45, 7) is 2.94. The van der Waals surface area contributed by atoms with E-state index in [1.807, 2.05) is 0 Å². The normalized spacial score (nSPS) is 30.1. The summed E-state index contributed by atoms with van der Waals surface area (Å²) in [5, 5.41) is 0. The van der Waals surface area contributed by atoms with Gasteiger partial charge in [-0.2, -0.15) is 0 Å². The van der Waals surface area contributed by atoms with Gasteiger partial charge < -0.3 is 10.5 Å². The average Bonchev–Trinajstić information content (AvgIpc) is 2.74. The molecule has 0 radical (unpaired) electrons. The topological polar surface area (TPSA) is 35.2 Å². The summed E-state index contributed by atoms with van der Waals surface area (Å²) < 4.78 is 5.62. The van der Waals surface area contributed by atoms with Crippen molar-refractivity contribution in [3.63, 3.8) is 0 Å². The molecular weight excluding hydrogens is 222 g/mol. The summed E-state index contributed by atoms with van der Waals surface area (Å²) >= 11 is 0. The third-order valence-corrected chi connectivity index (χ3v) is 4.64. The van der Waals surface area contributed by atoms with Crippen molar-refractivity contribution in [2.75, 3.05) is 6.61 Å². The zero-order valence-electron chi connectivity index (χ0n) is 11.1. The summed E-state index contributed by atoms with van der Waals surface area (Å²) in [6, 6.07) is 9.13. The number of nitrogens with two attached hydrogens (primary N) is 1. The predicted molar refractivity (Wildman–Crippen MR) is 73.5 cm³/mol. The SMILES string of the molecule is CC1CC(C(N)c2ccc(C3CCC3)cc2)CO1. The van der Waals surface area contributed by atoms with Crippen molar-refractivity contribution < 1.29 is 4.74 Å². The van der Waals surface area contributed by atoms with E-state index in [4.69, 9.17) is 10.5 Å². The van der Waals surface area contributed by atoms with E-state index in [1.165, 1.54) is 30.4 Å². The van der Waals surface area contributed by atoms with E-state index in [0.717, 1.165) is 18.9 Å². The van der Waals surface area contributed by atoms with Gasteiger partial charge in [0.2, 0.25) is 0 Å². The second kappa shape index (κ2) is 5.02. The van der Waals surface area contributed by atoms with Gasteiger partial charge in [-0.15, -0.1) is 0 Å². The van der Waals surface area contributed by atoms with Crippen LogP contribution >= 0.6 is 0 Å². The van der Waals surface area contributed by atoms with Crippen molar-refractivity contribution >= 4 is 0 Å². The van der Waals surface area contributed by atoms with Gasteiger partial charge in [-0.25, -0.2) is 0 Å². The molecule has 98 valence electrons. The predicted octanol–water partition coefficient (Wildman–Crippen LogP) is 3.38. The van der Waals surface area contributed by atoms with Gasteiger partial charge in [-0.05, 0) is 43.2 Å². The van der Waals surface area contributed by atoms with E-state index in [2.05, 4.69) is 31.2 Å². The molecule has 3 atom stereocenters. The lowest BCUT2D eigenvalue weighted by molar-refractivity contribution is 0.118. The van der Waals surface area contributed by atoms with Crippen LogP contribution in [0.2, 0.25) is 0 Å². The van der Waals surface area contributed by atoms with Crippen molar-refractivity contribution in [2.45, 2.75) is 50.7 Å². The van der Waals surface area contributed by atoms with Crippen LogP contribution < -0.4 is 5.73 Å². The first-order valence-corrected chi connectivity index (χ1v) is 7.21. The van der Waals surface area contributed by atoms with E-state index in [1.54, 1.807) is 0 Å². The van der Waals surface area contributed by atoms with Crippen molar-refractivity contribution in [1.29, 1.82) is 0 Å². The molecule has 1 aliphatic heterocycles. The van der Waals surface area contributed by atoms with Crippen molar-refractivity contribution in [1.82, 2.24) is 0 Å². The molecule has 0 aromatic heterocycles. The molecular formula is C16H23NO. The summed E-state index contributed by atoms with van der Waals surface area (Å²) in [6.07, 6.45) is 5.57. The van der Waals surface area contributed by atoms with Gasteiger partial charge in [-0.3, -0.25) is 0 Å². The monoisotopic (exact) mass is 245 g/mol. The first-order valence-electron chi connectivity index (χ1n) is 7.21. The molecule has 0 amide bonds. The highest BCUT2D eigenvalue weighted by Gasteiger charge is 2.28. The van der Waals surface area contributed by atoms with Crippen LogP contribution in [0.25, 0.3) is 0 Å². The molecule has 2 nitrogen and oxygen atoms in total. The van der Waals surface area contributed by atoms with E-state index in [9.17, 15) is 0 Å². The van der Waals surface area contributed by atoms with Crippen LogP contribution in [-0.2, 0) is 4.74 Å². The Balaban J connectivity index is 1.68. The van der Waals surface area contributed by atoms with Gasteiger partial charge in [0.05, 0.1) is 12.7 Å². The molecule has 1 aliphatic carbocycles. The van der Waals surface area contributed by atoms with Crippen LogP contribution in [0.15, 0.2) is 24.3 Å². The van der Waals surface area contributed by atoms with Crippen LogP contribution in [0.1, 0.15) is 55.7 Å². The fraction of sp³-hybridized carbons (Fsp3) is 0.625. The molecule has 2 N–H and O–H groups in total. The van der Waals surface area contributed by atoms with Crippen LogP contribution in [-0.4, -0.2) is 12.7 Å². The number of benzene rings is 1. The third-order valence-electron chi connectivity index (χ3n) is 4.64. The second-order valence-electron chi connectivity index (χ2n) is 5.96. The summed E-state index contributed by atoms with van der Waals surface area (Å²) in [5.74, 6) is 1.29. The maximum Gasteiger partial charge on any atom is 0.0551 e. The first kappa shape index (κ1) is 12.2. The molecule has 0 bridgehead atoms. The molecule has 1 aromatic rings. The second-order valence-corrected chi connectivity index (χ2v) is 5.96. The molecule has 0 spiro atoms. The van der Waals surface area contributed by atoms with E-state index >= 15 is 0 Å². The Morgan fingerprint density at radius 1 is 1.22 bits per heavy atom. The highest BCUT2D eigenvalue weighted by atomic mass is 16.5. The lowest BCUT2D eigenvalue weighted by atomic mass is 9.79. The van der Waals surface area contributed by atoms with Crippen molar-refractivity contribution in [3.05, 3.63) is 35.4 Å². The fourth-order valence-corrected chi connectivity index (χ4v) is 3.10. The standard InChI is InChI=1S/C16H23NO/c1-11-9-15(10-18-11)16(17)14-7-5-13(6-8-14)12-3-2-4-12/h5-8,11-12,15-16H,2-4,9-10,17H2,1H3. The smallest absolute Gasteiger partial charge is 0.0551 e. The van der Waals surface area contributed by atoms with Gasteiger partial charge in [0.1, 0.15) is 0 Å². The third kappa shape index (κ3) is 2.32. The Morgan fingerprint density at radius 3 is 2.44 bits per heavy atom.